The first-order valence-corrected chi connectivity index (χ1v) is 10.3. The Morgan fingerprint density at radius 2 is 2.10 bits per heavy atom. The van der Waals surface area contributed by atoms with Crippen LogP contribution in [0.5, 0.6) is 5.75 Å². The van der Waals surface area contributed by atoms with Crippen molar-refractivity contribution in [3.05, 3.63) is 54.1 Å². The normalized spacial score (nSPS) is 16.9. The van der Waals surface area contributed by atoms with E-state index in [0.29, 0.717) is 24.4 Å². The van der Waals surface area contributed by atoms with E-state index in [4.69, 9.17) is 4.74 Å². The second kappa shape index (κ2) is 8.51. The number of hydrogen-bond acceptors (Lipinski definition) is 4. The molecule has 0 radical (unpaired) electrons. The first kappa shape index (κ1) is 21.1. The maximum atomic E-state index is 14.0. The van der Waals surface area contributed by atoms with Gasteiger partial charge in [-0.2, -0.15) is 0 Å². The number of rotatable bonds is 5. The number of amides is 1. The Kier molecular flexibility index (Phi) is 5.78. The fourth-order valence-electron chi connectivity index (χ4n) is 4.13. The minimum Gasteiger partial charge on any atom is -0.496 e. The molecule has 3 aromatic rings. The van der Waals surface area contributed by atoms with Crippen LogP contribution < -0.4 is 4.74 Å². The van der Waals surface area contributed by atoms with Crippen LogP contribution in [0.3, 0.4) is 0 Å². The quantitative estimate of drug-likeness (QED) is 0.679. The van der Waals surface area contributed by atoms with E-state index in [1.165, 1.54) is 17.7 Å². The Hall–Kier alpha value is -3.19. The molecular formula is C24H27FN4O2. The van der Waals surface area contributed by atoms with E-state index in [1.807, 2.05) is 6.07 Å². The number of carbonyl (C=O) groups excluding carboxylic acids is 1. The molecule has 1 atom stereocenters. The highest BCUT2D eigenvalue weighted by atomic mass is 19.1. The molecule has 0 unspecified atom stereocenters. The molecule has 31 heavy (non-hydrogen) atoms. The average molecular weight is 423 g/mol. The van der Waals surface area contributed by atoms with Gasteiger partial charge in [0, 0.05) is 50.0 Å². The lowest BCUT2D eigenvalue weighted by molar-refractivity contribution is -0.129. The van der Waals surface area contributed by atoms with E-state index in [1.54, 1.807) is 38.4 Å². The van der Waals surface area contributed by atoms with Gasteiger partial charge >= 0.3 is 0 Å². The number of aromatic amines is 1. The Morgan fingerprint density at radius 3 is 2.81 bits per heavy atom. The van der Waals surface area contributed by atoms with Gasteiger partial charge in [-0.15, -0.1) is 0 Å². The SMILES string of the molecule is COc1ccc(F)cc1-c1ccnc2[nH]c(C3=CCN(CC(=O)N(C)C)C[C@H]3C)cc12. The lowest BCUT2D eigenvalue weighted by Gasteiger charge is -2.31. The van der Waals surface area contributed by atoms with Crippen molar-refractivity contribution >= 4 is 22.5 Å². The van der Waals surface area contributed by atoms with Crippen molar-refractivity contribution in [3.8, 4) is 16.9 Å². The number of nitrogens with one attached hydrogen (secondary N) is 1. The predicted molar refractivity (Wildman–Crippen MR) is 120 cm³/mol. The number of halogens is 1. The number of likely N-dealkylation sites (N-methyl/N-ethyl adjacent to an activating group) is 1. The zero-order valence-electron chi connectivity index (χ0n) is 18.3. The fraction of sp³-hybridized carbons (Fsp3) is 0.333. The highest BCUT2D eigenvalue weighted by molar-refractivity contribution is 5.96. The summed E-state index contributed by atoms with van der Waals surface area (Å²) < 4.78 is 19.4. The largest absolute Gasteiger partial charge is 0.496 e. The highest BCUT2D eigenvalue weighted by Gasteiger charge is 2.24. The molecule has 0 spiro atoms. The van der Waals surface area contributed by atoms with E-state index in [-0.39, 0.29) is 17.6 Å². The third-order valence-corrected chi connectivity index (χ3v) is 5.78. The van der Waals surface area contributed by atoms with Crippen molar-refractivity contribution in [2.24, 2.45) is 5.92 Å². The molecule has 3 heterocycles. The van der Waals surface area contributed by atoms with Crippen LogP contribution in [0.4, 0.5) is 4.39 Å². The van der Waals surface area contributed by atoms with Crippen LogP contribution >= 0.6 is 0 Å². The van der Waals surface area contributed by atoms with Gasteiger partial charge in [-0.1, -0.05) is 13.0 Å². The molecule has 1 aliphatic rings. The summed E-state index contributed by atoms with van der Waals surface area (Å²) in [6.45, 7) is 4.10. The Bertz CT molecular complexity index is 1150. The first-order valence-electron chi connectivity index (χ1n) is 10.3. The van der Waals surface area contributed by atoms with Crippen molar-refractivity contribution in [3.63, 3.8) is 0 Å². The zero-order valence-corrected chi connectivity index (χ0v) is 18.3. The predicted octanol–water partition coefficient (Wildman–Crippen LogP) is 3.80. The molecule has 0 bridgehead atoms. The maximum Gasteiger partial charge on any atom is 0.236 e. The summed E-state index contributed by atoms with van der Waals surface area (Å²) in [5, 5.41) is 0.916. The molecule has 0 aliphatic carbocycles. The Balaban J connectivity index is 1.68. The third-order valence-electron chi connectivity index (χ3n) is 5.78. The van der Waals surface area contributed by atoms with Crippen molar-refractivity contribution < 1.29 is 13.9 Å². The second-order valence-corrected chi connectivity index (χ2v) is 8.19. The lowest BCUT2D eigenvalue weighted by Crippen LogP contribution is -2.41. The fourth-order valence-corrected chi connectivity index (χ4v) is 4.13. The molecule has 1 N–H and O–H groups in total. The summed E-state index contributed by atoms with van der Waals surface area (Å²) >= 11 is 0. The number of benzene rings is 1. The zero-order chi connectivity index (χ0) is 22.1. The third kappa shape index (κ3) is 4.18. The molecule has 2 aromatic heterocycles. The Labute approximate surface area is 181 Å². The lowest BCUT2D eigenvalue weighted by atomic mass is 9.93. The van der Waals surface area contributed by atoms with Crippen molar-refractivity contribution in [2.45, 2.75) is 6.92 Å². The van der Waals surface area contributed by atoms with Gasteiger partial charge in [-0.25, -0.2) is 9.37 Å². The number of H-pyrrole nitrogens is 1. The van der Waals surface area contributed by atoms with Gasteiger partial charge in [0.1, 0.15) is 17.2 Å². The van der Waals surface area contributed by atoms with Crippen LogP contribution in [0.1, 0.15) is 12.6 Å². The molecule has 0 saturated carbocycles. The van der Waals surface area contributed by atoms with Crippen LogP contribution in [0.25, 0.3) is 27.7 Å². The minimum absolute atomic E-state index is 0.104. The molecule has 0 fully saturated rings. The van der Waals surface area contributed by atoms with Gasteiger partial charge in [0.2, 0.25) is 5.91 Å². The van der Waals surface area contributed by atoms with E-state index >= 15 is 0 Å². The van der Waals surface area contributed by atoms with E-state index < -0.39 is 0 Å². The highest BCUT2D eigenvalue weighted by Crippen LogP contribution is 2.37. The van der Waals surface area contributed by atoms with E-state index in [9.17, 15) is 9.18 Å². The summed E-state index contributed by atoms with van der Waals surface area (Å²) in [6.07, 6.45) is 3.89. The second-order valence-electron chi connectivity index (χ2n) is 8.19. The number of aromatic nitrogens is 2. The number of nitrogens with zero attached hydrogens (tertiary/aromatic N) is 3. The summed E-state index contributed by atoms with van der Waals surface area (Å²) in [5.41, 5.74) is 4.50. The summed E-state index contributed by atoms with van der Waals surface area (Å²) in [6, 6.07) is 8.47. The van der Waals surface area contributed by atoms with E-state index in [0.717, 1.165) is 28.8 Å². The number of ether oxygens (including phenoxy) is 1. The topological polar surface area (TPSA) is 61.5 Å². The number of pyridine rings is 1. The van der Waals surface area contributed by atoms with Crippen molar-refractivity contribution in [1.29, 1.82) is 0 Å². The molecule has 1 aromatic carbocycles. The first-order chi connectivity index (χ1) is 14.9. The van der Waals surface area contributed by atoms with Crippen LogP contribution in [0, 0.1) is 11.7 Å². The van der Waals surface area contributed by atoms with Crippen LogP contribution in [0.2, 0.25) is 0 Å². The van der Waals surface area contributed by atoms with Gasteiger partial charge in [0.15, 0.2) is 0 Å². The standard InChI is InChI=1S/C24H27FN4O2/c1-15-13-29(14-23(30)28(2)3)10-8-17(15)21-12-20-18(7-9-26-24(20)27-21)19-11-16(25)5-6-22(19)31-4/h5-9,11-12,15H,10,13-14H2,1-4H3,(H,26,27)/t15-/m1/s1. The average Bonchev–Trinajstić information content (AvgIpc) is 3.17. The van der Waals surface area contributed by atoms with Gasteiger partial charge in [-0.3, -0.25) is 9.69 Å². The molecule has 0 saturated heterocycles. The number of carbonyl (C=O) groups is 1. The smallest absolute Gasteiger partial charge is 0.236 e. The van der Waals surface area contributed by atoms with Crippen LogP contribution in [0.15, 0.2) is 42.6 Å². The molecule has 6 nitrogen and oxygen atoms in total. The van der Waals surface area contributed by atoms with Gasteiger partial charge in [-0.05, 0) is 47.4 Å². The molecular weight excluding hydrogens is 395 g/mol. The summed E-state index contributed by atoms with van der Waals surface area (Å²) in [4.78, 5) is 23.7. The van der Waals surface area contributed by atoms with E-state index in [2.05, 4.69) is 33.9 Å². The molecule has 4 rings (SSSR count). The number of methoxy groups -OCH3 is 1. The summed E-state index contributed by atoms with van der Waals surface area (Å²) in [5.74, 6) is 0.659. The van der Waals surface area contributed by atoms with Crippen LogP contribution in [-0.4, -0.2) is 66.5 Å². The van der Waals surface area contributed by atoms with Crippen LogP contribution in [-0.2, 0) is 4.79 Å². The van der Waals surface area contributed by atoms with Gasteiger partial charge in [0.05, 0.1) is 13.7 Å². The Morgan fingerprint density at radius 1 is 1.29 bits per heavy atom. The maximum absolute atomic E-state index is 14.0. The molecule has 1 aliphatic heterocycles. The molecule has 7 heteroatoms. The van der Waals surface area contributed by atoms with Crippen molar-refractivity contribution in [1.82, 2.24) is 19.8 Å². The minimum atomic E-state index is -0.313. The molecule has 1 amide bonds. The number of fused-ring (bicyclic) bond motifs is 1. The molecule has 162 valence electrons. The van der Waals surface area contributed by atoms with Crippen molar-refractivity contribution in [2.75, 3.05) is 40.8 Å². The number of hydrogen-bond donors (Lipinski definition) is 1. The monoisotopic (exact) mass is 422 g/mol. The van der Waals surface area contributed by atoms with Gasteiger partial charge in [0.25, 0.3) is 0 Å². The van der Waals surface area contributed by atoms with Gasteiger partial charge < -0.3 is 14.6 Å². The summed E-state index contributed by atoms with van der Waals surface area (Å²) in [7, 11) is 5.14.